The van der Waals surface area contributed by atoms with Crippen molar-refractivity contribution in [2.45, 2.75) is 12.0 Å². The van der Waals surface area contributed by atoms with E-state index in [1.807, 2.05) is 30.3 Å². The molecule has 0 aliphatic carbocycles. The summed E-state index contributed by atoms with van der Waals surface area (Å²) in [5.74, 6) is -1.42. The zero-order valence-electron chi connectivity index (χ0n) is 16.1. The highest BCUT2D eigenvalue weighted by atomic mass is 35.5. The Kier molecular flexibility index (Phi) is 5.09. The summed E-state index contributed by atoms with van der Waals surface area (Å²) in [4.78, 5) is 15.9. The van der Waals surface area contributed by atoms with Gasteiger partial charge in [0.15, 0.2) is 11.4 Å². The number of methoxy groups -OCH3 is 1. The lowest BCUT2D eigenvalue weighted by Gasteiger charge is -2.27. The number of pyridine rings is 1. The Morgan fingerprint density at radius 1 is 1.27 bits per heavy atom. The normalized spacial score (nSPS) is 17.3. The van der Waals surface area contributed by atoms with E-state index in [4.69, 9.17) is 32.5 Å². The Hall–Kier alpha value is -3.16. The van der Waals surface area contributed by atoms with Gasteiger partial charge in [0.1, 0.15) is 5.75 Å². The third-order valence-corrected chi connectivity index (χ3v) is 5.63. The van der Waals surface area contributed by atoms with Gasteiger partial charge in [-0.3, -0.25) is 4.79 Å². The minimum atomic E-state index is -0.844. The summed E-state index contributed by atoms with van der Waals surface area (Å²) in [6.45, 7) is 0.188. The van der Waals surface area contributed by atoms with Crippen molar-refractivity contribution < 1.29 is 18.7 Å². The number of hydrogen-bond acceptors (Lipinski definition) is 5. The minimum Gasteiger partial charge on any atom is -0.481 e. The Labute approximate surface area is 177 Å². The maximum atomic E-state index is 15.3. The number of carbonyl (C=O) groups excluding carboxylic acids is 1. The molecule has 0 bridgehead atoms. The maximum absolute atomic E-state index is 15.3. The molecule has 2 aromatic carbocycles. The van der Waals surface area contributed by atoms with Crippen LogP contribution >= 0.6 is 11.6 Å². The van der Waals surface area contributed by atoms with E-state index in [0.717, 1.165) is 5.56 Å². The highest BCUT2D eigenvalue weighted by molar-refractivity contribution is 6.34. The standard InChI is InChI=1S/C22H19ClFN3O3/c1-29-21-19(24)18(14(10-27-21)20(26)28)17-13-9-22(11-25,12-5-3-2-4-6-12)30-16(13)8-7-15(17)23/h2-8,10H,9,11,25H2,1H3,(H2,26,28)/t22-/m1/s1. The monoisotopic (exact) mass is 427 g/mol. The zero-order chi connectivity index (χ0) is 21.5. The molecule has 0 spiro atoms. The number of hydrogen-bond donors (Lipinski definition) is 2. The second-order valence-corrected chi connectivity index (χ2v) is 7.38. The van der Waals surface area contributed by atoms with E-state index in [9.17, 15) is 4.79 Å². The molecule has 0 saturated heterocycles. The van der Waals surface area contributed by atoms with Crippen LogP contribution in [0.1, 0.15) is 21.5 Å². The number of nitrogens with two attached hydrogens (primary N) is 2. The molecule has 154 valence electrons. The number of amides is 1. The SMILES string of the molecule is COc1ncc(C(N)=O)c(-c2c(Cl)ccc3c2C[C@@](CN)(c2ccccc2)O3)c1F. The molecule has 8 heteroatoms. The van der Waals surface area contributed by atoms with E-state index in [2.05, 4.69) is 4.98 Å². The predicted octanol–water partition coefficient (Wildman–Crippen LogP) is 3.44. The summed E-state index contributed by atoms with van der Waals surface area (Å²) in [5.41, 5.74) is 12.4. The largest absolute Gasteiger partial charge is 0.481 e. The summed E-state index contributed by atoms with van der Waals surface area (Å²) in [6, 6.07) is 12.8. The number of halogens is 2. The number of rotatable bonds is 5. The highest BCUT2D eigenvalue weighted by Crippen LogP contribution is 2.49. The van der Waals surface area contributed by atoms with Gasteiger partial charge in [-0.1, -0.05) is 41.9 Å². The number of carbonyl (C=O) groups is 1. The molecular weight excluding hydrogens is 409 g/mol. The van der Waals surface area contributed by atoms with E-state index in [-0.39, 0.29) is 28.6 Å². The molecule has 0 unspecified atom stereocenters. The molecule has 0 radical (unpaired) electrons. The van der Waals surface area contributed by atoms with Crippen molar-refractivity contribution in [2.24, 2.45) is 11.5 Å². The predicted molar refractivity (Wildman–Crippen MR) is 111 cm³/mol. The lowest BCUT2D eigenvalue weighted by molar-refractivity contribution is 0.0999. The molecule has 4 N–H and O–H groups in total. The van der Waals surface area contributed by atoms with Crippen LogP contribution in [-0.2, 0) is 12.0 Å². The van der Waals surface area contributed by atoms with E-state index >= 15 is 4.39 Å². The Balaban J connectivity index is 1.96. The summed E-state index contributed by atoms with van der Waals surface area (Å²) >= 11 is 6.50. The molecule has 30 heavy (non-hydrogen) atoms. The van der Waals surface area contributed by atoms with Crippen LogP contribution in [0.4, 0.5) is 4.39 Å². The van der Waals surface area contributed by atoms with Crippen molar-refractivity contribution in [1.82, 2.24) is 4.98 Å². The van der Waals surface area contributed by atoms with Crippen molar-refractivity contribution in [3.8, 4) is 22.8 Å². The first-order valence-corrected chi connectivity index (χ1v) is 9.58. The summed E-state index contributed by atoms with van der Waals surface area (Å²) in [6.07, 6.45) is 1.51. The van der Waals surface area contributed by atoms with Crippen LogP contribution in [0.15, 0.2) is 48.7 Å². The van der Waals surface area contributed by atoms with Gasteiger partial charge in [-0.25, -0.2) is 9.37 Å². The van der Waals surface area contributed by atoms with Gasteiger partial charge in [-0.2, -0.15) is 0 Å². The Morgan fingerprint density at radius 3 is 2.63 bits per heavy atom. The van der Waals surface area contributed by atoms with Gasteiger partial charge in [-0.15, -0.1) is 0 Å². The van der Waals surface area contributed by atoms with Crippen LogP contribution in [0, 0.1) is 5.82 Å². The molecule has 4 rings (SSSR count). The van der Waals surface area contributed by atoms with Crippen LogP contribution in [0.2, 0.25) is 5.02 Å². The fourth-order valence-electron chi connectivity index (χ4n) is 3.85. The molecule has 1 aliphatic heterocycles. The van der Waals surface area contributed by atoms with E-state index in [1.54, 1.807) is 12.1 Å². The molecule has 0 saturated carbocycles. The van der Waals surface area contributed by atoms with Crippen molar-refractivity contribution in [2.75, 3.05) is 13.7 Å². The number of primary amides is 1. The van der Waals surface area contributed by atoms with Crippen LogP contribution in [-0.4, -0.2) is 24.5 Å². The number of aromatic nitrogens is 1. The average molecular weight is 428 g/mol. The molecule has 1 amide bonds. The summed E-state index contributed by atoms with van der Waals surface area (Å²) < 4.78 is 26.6. The molecule has 1 aliphatic rings. The second-order valence-electron chi connectivity index (χ2n) is 6.98. The molecule has 3 aromatic rings. The Bertz CT molecular complexity index is 1140. The van der Waals surface area contributed by atoms with E-state index < -0.39 is 17.3 Å². The van der Waals surface area contributed by atoms with Crippen LogP contribution < -0.4 is 20.9 Å². The molecular formula is C22H19ClFN3O3. The van der Waals surface area contributed by atoms with Crippen molar-refractivity contribution in [3.63, 3.8) is 0 Å². The first-order valence-electron chi connectivity index (χ1n) is 9.20. The lowest BCUT2D eigenvalue weighted by atomic mass is 9.86. The lowest BCUT2D eigenvalue weighted by Crippen LogP contribution is -2.39. The topological polar surface area (TPSA) is 100 Å². The van der Waals surface area contributed by atoms with Crippen LogP contribution in [0.5, 0.6) is 11.6 Å². The van der Waals surface area contributed by atoms with Gasteiger partial charge in [-0.05, 0) is 17.7 Å². The van der Waals surface area contributed by atoms with Crippen molar-refractivity contribution in [3.05, 3.63) is 76.2 Å². The molecule has 6 nitrogen and oxygen atoms in total. The van der Waals surface area contributed by atoms with Gasteiger partial charge in [0.25, 0.3) is 11.8 Å². The van der Waals surface area contributed by atoms with Gasteiger partial charge in [0.05, 0.1) is 12.7 Å². The smallest absolute Gasteiger partial charge is 0.251 e. The third-order valence-electron chi connectivity index (χ3n) is 5.31. The molecule has 1 atom stereocenters. The number of fused-ring (bicyclic) bond motifs is 1. The number of benzene rings is 2. The summed E-state index contributed by atoms with van der Waals surface area (Å²) in [5, 5.41) is 0.243. The van der Waals surface area contributed by atoms with Crippen molar-refractivity contribution in [1.29, 1.82) is 0 Å². The van der Waals surface area contributed by atoms with Gasteiger partial charge in [0, 0.05) is 40.9 Å². The van der Waals surface area contributed by atoms with Gasteiger partial charge in [0.2, 0.25) is 0 Å². The average Bonchev–Trinajstić information content (AvgIpc) is 3.15. The van der Waals surface area contributed by atoms with Gasteiger partial charge >= 0.3 is 0 Å². The first-order chi connectivity index (χ1) is 14.4. The summed E-state index contributed by atoms with van der Waals surface area (Å²) in [7, 11) is 1.29. The van der Waals surface area contributed by atoms with Gasteiger partial charge < -0.3 is 20.9 Å². The molecule has 1 aromatic heterocycles. The fourth-order valence-corrected chi connectivity index (χ4v) is 4.12. The number of ether oxygens (including phenoxy) is 2. The van der Waals surface area contributed by atoms with E-state index in [1.165, 1.54) is 13.3 Å². The highest BCUT2D eigenvalue weighted by Gasteiger charge is 2.42. The van der Waals surface area contributed by atoms with Crippen LogP contribution in [0.3, 0.4) is 0 Å². The maximum Gasteiger partial charge on any atom is 0.251 e. The van der Waals surface area contributed by atoms with E-state index in [0.29, 0.717) is 23.3 Å². The third kappa shape index (κ3) is 3.07. The van der Waals surface area contributed by atoms with Crippen LogP contribution in [0.25, 0.3) is 11.1 Å². The fraction of sp³-hybridized carbons (Fsp3) is 0.182. The van der Waals surface area contributed by atoms with Crippen molar-refractivity contribution >= 4 is 17.5 Å². The Morgan fingerprint density at radius 2 is 2.00 bits per heavy atom. The first kappa shape index (κ1) is 20.1. The molecule has 2 heterocycles. The molecule has 0 fully saturated rings. The second kappa shape index (κ2) is 7.59. The zero-order valence-corrected chi connectivity index (χ0v) is 16.9. The number of nitrogens with zero attached hydrogens (tertiary/aromatic N) is 1. The quantitative estimate of drug-likeness (QED) is 0.649. The minimum absolute atomic E-state index is 0.0688.